The lowest BCUT2D eigenvalue weighted by Crippen LogP contribution is -2.27. The van der Waals surface area contributed by atoms with Crippen LogP contribution in [0, 0.1) is 13.8 Å². The summed E-state index contributed by atoms with van der Waals surface area (Å²) < 4.78 is 0. The molecule has 0 saturated carbocycles. The Bertz CT molecular complexity index is 606. The summed E-state index contributed by atoms with van der Waals surface area (Å²) in [6.07, 6.45) is 1.81. The van der Waals surface area contributed by atoms with E-state index in [0.29, 0.717) is 11.3 Å². The molecule has 0 aliphatic carbocycles. The second-order valence-electron chi connectivity index (χ2n) is 4.52. The Kier molecular flexibility index (Phi) is 3.85. The van der Waals surface area contributed by atoms with E-state index in [1.165, 1.54) is 0 Å². The first-order chi connectivity index (χ1) is 8.99. The van der Waals surface area contributed by atoms with E-state index < -0.39 is 0 Å². The van der Waals surface area contributed by atoms with Gasteiger partial charge in [-0.05, 0) is 38.5 Å². The van der Waals surface area contributed by atoms with Crippen molar-refractivity contribution in [3.05, 3.63) is 45.4 Å². The Morgan fingerprint density at radius 3 is 2.79 bits per heavy atom. The third kappa shape index (κ3) is 2.93. The molecule has 1 aromatic carbocycles. The number of nitrogens with two attached hydrogens (primary N) is 1. The Balaban J connectivity index is 2.15. The van der Waals surface area contributed by atoms with Crippen molar-refractivity contribution in [2.24, 2.45) is 0 Å². The van der Waals surface area contributed by atoms with E-state index in [1.807, 2.05) is 27.0 Å². The van der Waals surface area contributed by atoms with E-state index >= 15 is 0 Å². The summed E-state index contributed by atoms with van der Waals surface area (Å²) in [7, 11) is 0. The Morgan fingerprint density at radius 2 is 2.16 bits per heavy atom. The normalized spacial score (nSPS) is 12.2. The molecule has 1 heterocycles. The van der Waals surface area contributed by atoms with Crippen molar-refractivity contribution < 1.29 is 4.79 Å². The third-order valence-corrected chi connectivity index (χ3v) is 4.07. The molecular formula is C14H17N3OS. The van der Waals surface area contributed by atoms with Crippen LogP contribution in [0.1, 0.15) is 38.8 Å². The minimum atomic E-state index is -0.120. The predicted molar refractivity (Wildman–Crippen MR) is 78.3 cm³/mol. The molecule has 1 aromatic heterocycles. The molecule has 4 nitrogen and oxygen atoms in total. The third-order valence-electron chi connectivity index (χ3n) is 2.98. The van der Waals surface area contributed by atoms with E-state index in [-0.39, 0.29) is 11.9 Å². The summed E-state index contributed by atoms with van der Waals surface area (Å²) in [6, 6.07) is 5.25. The first-order valence-electron chi connectivity index (χ1n) is 6.07. The Morgan fingerprint density at radius 1 is 1.42 bits per heavy atom. The molecule has 0 radical (unpaired) electrons. The zero-order valence-corrected chi connectivity index (χ0v) is 12.0. The molecule has 0 bridgehead atoms. The molecule has 0 spiro atoms. The first-order valence-corrected chi connectivity index (χ1v) is 6.89. The van der Waals surface area contributed by atoms with Crippen LogP contribution in [0.15, 0.2) is 24.4 Å². The van der Waals surface area contributed by atoms with Crippen LogP contribution in [-0.2, 0) is 0 Å². The largest absolute Gasteiger partial charge is 0.398 e. The zero-order valence-electron chi connectivity index (χ0n) is 11.2. The van der Waals surface area contributed by atoms with Gasteiger partial charge in [0.25, 0.3) is 5.91 Å². The number of aryl methyl sites for hydroxylation is 1. The van der Waals surface area contributed by atoms with Crippen molar-refractivity contribution in [2.75, 3.05) is 5.73 Å². The quantitative estimate of drug-likeness (QED) is 0.846. The number of hydrogen-bond donors (Lipinski definition) is 2. The lowest BCUT2D eigenvalue weighted by molar-refractivity contribution is 0.0939. The van der Waals surface area contributed by atoms with Crippen LogP contribution in [0.5, 0.6) is 0 Å². The number of carbonyl (C=O) groups is 1. The predicted octanol–water partition coefficient (Wildman–Crippen LogP) is 2.83. The van der Waals surface area contributed by atoms with Crippen LogP contribution in [0.3, 0.4) is 0 Å². The molecular weight excluding hydrogens is 258 g/mol. The highest BCUT2D eigenvalue weighted by molar-refractivity contribution is 7.11. The summed E-state index contributed by atoms with van der Waals surface area (Å²) in [5, 5.41) is 3.86. The number of hydrogen-bond acceptors (Lipinski definition) is 4. The molecule has 1 unspecified atom stereocenters. The van der Waals surface area contributed by atoms with Crippen molar-refractivity contribution in [3.63, 3.8) is 0 Å². The summed E-state index contributed by atoms with van der Waals surface area (Å²) in [6.45, 7) is 5.78. The van der Waals surface area contributed by atoms with Crippen molar-refractivity contribution in [3.8, 4) is 0 Å². The summed E-state index contributed by atoms with van der Waals surface area (Å²) in [5.41, 5.74) is 7.86. The lowest BCUT2D eigenvalue weighted by atomic mass is 10.1. The van der Waals surface area contributed by atoms with E-state index in [0.717, 1.165) is 15.4 Å². The molecule has 1 atom stereocenters. The highest BCUT2D eigenvalue weighted by Crippen LogP contribution is 2.21. The van der Waals surface area contributed by atoms with Gasteiger partial charge in [0.05, 0.1) is 6.04 Å². The number of benzene rings is 1. The number of rotatable bonds is 3. The number of nitrogens with one attached hydrogen (secondary N) is 1. The molecule has 0 fully saturated rings. The fourth-order valence-electron chi connectivity index (χ4n) is 1.81. The van der Waals surface area contributed by atoms with Crippen LogP contribution in [-0.4, -0.2) is 10.9 Å². The van der Waals surface area contributed by atoms with Crippen LogP contribution >= 0.6 is 11.3 Å². The number of nitrogen functional groups attached to an aromatic ring is 1. The number of anilines is 1. The fraction of sp³-hybridized carbons (Fsp3) is 0.286. The van der Waals surface area contributed by atoms with Gasteiger partial charge in [-0.25, -0.2) is 4.98 Å². The van der Waals surface area contributed by atoms with Crippen LogP contribution < -0.4 is 11.1 Å². The van der Waals surface area contributed by atoms with Gasteiger partial charge in [0.15, 0.2) is 0 Å². The SMILES string of the molecule is Cc1cnc(C(C)NC(=O)c2cccc(N)c2C)s1. The van der Waals surface area contributed by atoms with Gasteiger partial charge in [0, 0.05) is 22.3 Å². The standard InChI is InChI=1S/C14H17N3OS/c1-8-7-16-14(19-8)10(3)17-13(18)11-5-4-6-12(15)9(11)2/h4-7,10H,15H2,1-3H3,(H,17,18). The maximum absolute atomic E-state index is 12.2. The average Bonchev–Trinajstić information content (AvgIpc) is 2.79. The van der Waals surface area contributed by atoms with Crippen LogP contribution in [0.4, 0.5) is 5.69 Å². The molecule has 5 heteroatoms. The smallest absolute Gasteiger partial charge is 0.252 e. The minimum absolute atomic E-state index is 0.105. The van der Waals surface area contributed by atoms with E-state index in [1.54, 1.807) is 29.5 Å². The topological polar surface area (TPSA) is 68.0 Å². The maximum Gasteiger partial charge on any atom is 0.252 e. The van der Waals surface area contributed by atoms with Gasteiger partial charge < -0.3 is 11.1 Å². The summed E-state index contributed by atoms with van der Waals surface area (Å²) in [4.78, 5) is 17.6. The maximum atomic E-state index is 12.2. The Labute approximate surface area is 116 Å². The molecule has 1 amide bonds. The number of aromatic nitrogens is 1. The molecule has 19 heavy (non-hydrogen) atoms. The molecule has 3 N–H and O–H groups in total. The van der Waals surface area contributed by atoms with E-state index in [2.05, 4.69) is 10.3 Å². The van der Waals surface area contributed by atoms with Crippen molar-refractivity contribution in [1.29, 1.82) is 0 Å². The molecule has 0 aliphatic rings. The number of thiazole rings is 1. The summed E-state index contributed by atoms with van der Waals surface area (Å²) >= 11 is 1.59. The lowest BCUT2D eigenvalue weighted by Gasteiger charge is -2.13. The first kappa shape index (κ1) is 13.5. The van der Waals surface area contributed by atoms with Gasteiger partial charge in [0.1, 0.15) is 5.01 Å². The fourth-order valence-corrected chi connectivity index (χ4v) is 2.58. The Hall–Kier alpha value is -1.88. The number of nitrogens with zero attached hydrogens (tertiary/aromatic N) is 1. The highest BCUT2D eigenvalue weighted by Gasteiger charge is 2.16. The van der Waals surface area contributed by atoms with Gasteiger partial charge in [-0.3, -0.25) is 4.79 Å². The molecule has 0 aliphatic heterocycles. The van der Waals surface area contributed by atoms with Crippen molar-refractivity contribution in [2.45, 2.75) is 26.8 Å². The molecule has 2 rings (SSSR count). The average molecular weight is 275 g/mol. The van der Waals surface area contributed by atoms with Gasteiger partial charge >= 0.3 is 0 Å². The van der Waals surface area contributed by atoms with Crippen LogP contribution in [0.25, 0.3) is 0 Å². The van der Waals surface area contributed by atoms with Gasteiger partial charge in [-0.1, -0.05) is 6.07 Å². The molecule has 100 valence electrons. The van der Waals surface area contributed by atoms with Gasteiger partial charge in [-0.2, -0.15) is 0 Å². The van der Waals surface area contributed by atoms with Crippen LogP contribution in [0.2, 0.25) is 0 Å². The monoisotopic (exact) mass is 275 g/mol. The molecule has 2 aromatic rings. The number of amides is 1. The van der Waals surface area contributed by atoms with E-state index in [9.17, 15) is 4.79 Å². The summed E-state index contributed by atoms with van der Waals surface area (Å²) in [5.74, 6) is -0.120. The highest BCUT2D eigenvalue weighted by atomic mass is 32.1. The van der Waals surface area contributed by atoms with Crippen molar-refractivity contribution in [1.82, 2.24) is 10.3 Å². The number of carbonyl (C=O) groups excluding carboxylic acids is 1. The second-order valence-corrected chi connectivity index (χ2v) is 5.79. The van der Waals surface area contributed by atoms with Gasteiger partial charge in [-0.15, -0.1) is 11.3 Å². The molecule has 0 saturated heterocycles. The minimum Gasteiger partial charge on any atom is -0.398 e. The van der Waals surface area contributed by atoms with Crippen molar-refractivity contribution >= 4 is 22.9 Å². The van der Waals surface area contributed by atoms with E-state index in [4.69, 9.17) is 5.73 Å². The second kappa shape index (κ2) is 5.40. The van der Waals surface area contributed by atoms with Gasteiger partial charge in [0.2, 0.25) is 0 Å². The zero-order chi connectivity index (χ0) is 14.0.